The van der Waals surface area contributed by atoms with Crippen LogP contribution in [-0.4, -0.2) is 39.8 Å². The Kier molecular flexibility index (Phi) is 14.3. The topological polar surface area (TPSA) is 95.2 Å². The van der Waals surface area contributed by atoms with E-state index in [0.29, 0.717) is 0 Å². The summed E-state index contributed by atoms with van der Waals surface area (Å²) in [6.45, 7) is 8.33. The van der Waals surface area contributed by atoms with Crippen molar-refractivity contribution in [3.63, 3.8) is 0 Å². The second-order valence-corrected chi connectivity index (χ2v) is 13.9. The van der Waals surface area contributed by atoms with E-state index < -0.39 is 0 Å². The van der Waals surface area contributed by atoms with E-state index in [9.17, 15) is 0 Å². The summed E-state index contributed by atoms with van der Waals surface area (Å²) in [5.74, 6) is 0.788. The van der Waals surface area contributed by atoms with Gasteiger partial charge in [0.25, 0.3) is 0 Å². The molecule has 8 nitrogen and oxygen atoms in total. The van der Waals surface area contributed by atoms with Crippen LogP contribution >= 0.6 is 34.2 Å². The highest BCUT2D eigenvalue weighted by molar-refractivity contribution is 7.10. The van der Waals surface area contributed by atoms with Crippen molar-refractivity contribution >= 4 is 34.2 Å². The summed E-state index contributed by atoms with van der Waals surface area (Å²) >= 11 is 4.82. The molecule has 0 bridgehead atoms. The van der Waals surface area contributed by atoms with Gasteiger partial charge >= 0.3 is 0 Å². The van der Waals surface area contributed by atoms with Gasteiger partial charge in [-0.15, -0.1) is 32.9 Å². The Hall–Kier alpha value is -5.23. The minimum Gasteiger partial charge on any atom is -0.244 e. The summed E-state index contributed by atoms with van der Waals surface area (Å²) in [6.07, 6.45) is 0. The minimum absolute atomic E-state index is 0. The second-order valence-electron chi connectivity index (χ2n) is 10.8. The lowest BCUT2D eigenvalue weighted by atomic mass is 10.1. The van der Waals surface area contributed by atoms with Gasteiger partial charge in [0.15, 0.2) is 5.82 Å². The summed E-state index contributed by atoms with van der Waals surface area (Å²) < 4.78 is 5.54. The van der Waals surface area contributed by atoms with E-state index in [-0.39, 0.29) is 7.43 Å². The third kappa shape index (κ3) is 10.4. The lowest BCUT2D eigenvalue weighted by Gasteiger charge is -1.98. The van der Waals surface area contributed by atoms with Gasteiger partial charge in [-0.05, 0) is 49.7 Å². The van der Waals surface area contributed by atoms with E-state index in [1.54, 1.807) is 27.4 Å². The lowest BCUT2D eigenvalue weighted by Crippen LogP contribution is -1.93. The van der Waals surface area contributed by atoms with Crippen molar-refractivity contribution in [3.8, 4) is 45.2 Å². The first-order valence-electron chi connectivity index (χ1n) is 15.5. The molecule has 0 aliphatic rings. The molecule has 0 saturated heterocycles. The van der Waals surface area contributed by atoms with E-state index in [0.717, 1.165) is 34.0 Å². The van der Waals surface area contributed by atoms with E-state index in [1.807, 2.05) is 104 Å². The monoisotopic (exact) mass is 716 g/mol. The Labute approximate surface area is 306 Å². The third-order valence-corrected chi connectivity index (χ3v) is 9.36. The van der Waals surface area contributed by atoms with Gasteiger partial charge in [0.2, 0.25) is 0 Å². The van der Waals surface area contributed by atoms with E-state index in [4.69, 9.17) is 0 Å². The average molecular weight is 717 g/mol. The van der Waals surface area contributed by atoms with Crippen molar-refractivity contribution in [2.24, 2.45) is 7.05 Å². The summed E-state index contributed by atoms with van der Waals surface area (Å²) in [5.41, 5.74) is 12.9. The van der Waals surface area contributed by atoms with E-state index >= 15 is 0 Å². The highest BCUT2D eigenvalue weighted by Crippen LogP contribution is 2.25. The van der Waals surface area contributed by atoms with Crippen molar-refractivity contribution in [2.75, 3.05) is 0 Å². The Bertz CT molecular complexity index is 1940. The molecule has 11 heteroatoms. The molecular formula is C39H40N8S3. The molecular weight excluding hydrogens is 677 g/mol. The van der Waals surface area contributed by atoms with Crippen LogP contribution in [0.25, 0.3) is 45.2 Å². The van der Waals surface area contributed by atoms with E-state index in [1.165, 1.54) is 42.9 Å². The van der Waals surface area contributed by atoms with Gasteiger partial charge in [0.05, 0.1) is 27.3 Å². The molecule has 8 aromatic rings. The van der Waals surface area contributed by atoms with Crippen LogP contribution in [0.5, 0.6) is 0 Å². The molecule has 50 heavy (non-hydrogen) atoms. The maximum Gasteiger partial charge on any atom is 0.181 e. The molecule has 4 aromatic heterocycles. The highest BCUT2D eigenvalue weighted by atomic mass is 32.1. The predicted molar refractivity (Wildman–Crippen MR) is 210 cm³/mol. The van der Waals surface area contributed by atoms with Crippen LogP contribution in [-0.2, 0) is 7.05 Å². The largest absolute Gasteiger partial charge is 0.244 e. The van der Waals surface area contributed by atoms with Crippen molar-refractivity contribution in [1.82, 2.24) is 39.8 Å². The van der Waals surface area contributed by atoms with Gasteiger partial charge in [-0.25, -0.2) is 14.6 Å². The van der Waals surface area contributed by atoms with Crippen LogP contribution in [0.2, 0.25) is 0 Å². The number of aromatic nitrogens is 8. The minimum atomic E-state index is 0. The quantitative estimate of drug-likeness (QED) is 0.179. The fourth-order valence-electron chi connectivity index (χ4n) is 4.63. The van der Waals surface area contributed by atoms with Crippen molar-refractivity contribution in [2.45, 2.75) is 35.1 Å². The Morgan fingerprint density at radius 3 is 1.36 bits per heavy atom. The van der Waals surface area contributed by atoms with Gasteiger partial charge in [0.1, 0.15) is 5.69 Å². The number of hydrogen-bond donors (Lipinski definition) is 0. The molecule has 4 aromatic carbocycles. The van der Waals surface area contributed by atoms with Crippen LogP contribution in [0.1, 0.15) is 27.6 Å². The average Bonchev–Trinajstić information content (AvgIpc) is 3.97. The zero-order valence-electron chi connectivity index (χ0n) is 27.9. The van der Waals surface area contributed by atoms with Crippen molar-refractivity contribution in [1.29, 1.82) is 0 Å². The molecule has 0 fully saturated rings. The van der Waals surface area contributed by atoms with Crippen LogP contribution in [0.15, 0.2) is 126 Å². The third-order valence-electron chi connectivity index (χ3n) is 7.21. The summed E-state index contributed by atoms with van der Waals surface area (Å²) in [4.78, 5) is 12.4. The molecule has 0 aliphatic carbocycles. The standard InChI is InChI=1S/C11H11NS.C10H9NS.C9H8N2S.C8H8N4.CH4/c1-8-3-5-10(6-4-8)11-9(2)13-7-12-11;1-8-10(11-7-12-8)9-5-3-2-4-6-9;1-7-9(10-11-12-7)8-5-3-2-4-6-8;1-12-8(9-10-11-12)7-5-3-2-4-6-7;/h3-7H,1-2H3;2-7H,1H3;2*2-6H,1H3;1H4. The molecule has 0 unspecified atom stereocenters. The maximum atomic E-state index is 4.33. The predicted octanol–water partition coefficient (Wildman–Crippen LogP) is 10.6. The smallest absolute Gasteiger partial charge is 0.181 e. The number of rotatable bonds is 4. The summed E-state index contributed by atoms with van der Waals surface area (Å²) in [5, 5.41) is 15.3. The van der Waals surface area contributed by atoms with Gasteiger partial charge in [0, 0.05) is 39.1 Å². The first kappa shape index (κ1) is 37.6. The summed E-state index contributed by atoms with van der Waals surface area (Å²) in [6, 6.07) is 38.7. The molecule has 0 atom stereocenters. The normalized spacial score (nSPS) is 9.94. The second kappa shape index (κ2) is 19.1. The summed E-state index contributed by atoms with van der Waals surface area (Å²) in [7, 11) is 1.82. The van der Waals surface area contributed by atoms with Crippen LogP contribution in [0, 0.1) is 27.7 Å². The zero-order valence-corrected chi connectivity index (χ0v) is 30.4. The lowest BCUT2D eigenvalue weighted by molar-refractivity contribution is 0.714. The maximum absolute atomic E-state index is 4.33. The van der Waals surface area contributed by atoms with Crippen LogP contribution < -0.4 is 0 Å². The first-order valence-corrected chi connectivity index (χ1v) is 18.0. The highest BCUT2D eigenvalue weighted by Gasteiger charge is 2.06. The van der Waals surface area contributed by atoms with Crippen molar-refractivity contribution < 1.29 is 0 Å². The molecule has 0 N–H and O–H groups in total. The molecule has 0 aliphatic heterocycles. The number of aryl methyl sites for hydroxylation is 5. The molecule has 8 rings (SSSR count). The van der Waals surface area contributed by atoms with Gasteiger partial charge < -0.3 is 0 Å². The fraction of sp³-hybridized carbons (Fsp3) is 0.154. The number of hydrogen-bond acceptors (Lipinski definition) is 10. The van der Waals surface area contributed by atoms with Crippen LogP contribution in [0.4, 0.5) is 0 Å². The number of thiazole rings is 2. The van der Waals surface area contributed by atoms with Gasteiger partial charge in [-0.1, -0.05) is 133 Å². The SMILES string of the molecule is C.Cc1ccc(-c2ncsc2C)cc1.Cc1scnc1-c1ccccc1.Cc1snnc1-c1ccccc1.Cn1nnnc1-c1ccccc1. The number of benzene rings is 4. The number of tetrazole rings is 1. The molecule has 0 saturated carbocycles. The van der Waals surface area contributed by atoms with Gasteiger partial charge in [-0.2, -0.15) is 0 Å². The van der Waals surface area contributed by atoms with Gasteiger partial charge in [-0.3, -0.25) is 0 Å². The molecule has 254 valence electrons. The molecule has 0 amide bonds. The Balaban J connectivity index is 0.000000149. The molecule has 0 radical (unpaired) electrons. The number of nitrogens with zero attached hydrogens (tertiary/aromatic N) is 8. The Morgan fingerprint density at radius 2 is 0.960 bits per heavy atom. The zero-order chi connectivity index (χ0) is 34.4. The van der Waals surface area contributed by atoms with E-state index in [2.05, 4.69) is 92.2 Å². The Morgan fingerprint density at radius 1 is 0.500 bits per heavy atom. The fourth-order valence-corrected chi connectivity index (χ4v) is 6.31. The van der Waals surface area contributed by atoms with Crippen LogP contribution in [0.3, 0.4) is 0 Å². The van der Waals surface area contributed by atoms with Crippen molar-refractivity contribution in [3.05, 3.63) is 146 Å². The first-order chi connectivity index (χ1) is 23.9. The molecule has 0 spiro atoms. The molecule has 4 heterocycles.